The number of thiazole rings is 1. The summed E-state index contributed by atoms with van der Waals surface area (Å²) in [7, 11) is 0. The first-order valence-corrected chi connectivity index (χ1v) is 7.92. The van der Waals surface area contributed by atoms with Crippen LogP contribution in [0.25, 0.3) is 0 Å². The van der Waals surface area contributed by atoms with Gasteiger partial charge in [0.25, 0.3) is 5.91 Å². The third kappa shape index (κ3) is 3.72. The van der Waals surface area contributed by atoms with Crippen molar-refractivity contribution in [1.29, 1.82) is 0 Å². The standard InChI is InChI=1S/C16H14FN5OS/c1-9-5-12(8-18-6-9)21-16-14(20-10(2)24-16)15(23)22-13-4-3-11(17)7-19-13/h3-8,21H,1-2H3,(H,19,22,23). The topological polar surface area (TPSA) is 79.8 Å². The van der Waals surface area contributed by atoms with E-state index < -0.39 is 11.7 Å². The molecule has 0 aliphatic carbocycles. The average Bonchev–Trinajstić information content (AvgIpc) is 2.90. The average molecular weight is 343 g/mol. The third-order valence-electron chi connectivity index (χ3n) is 3.05. The molecular weight excluding hydrogens is 329 g/mol. The van der Waals surface area contributed by atoms with Crippen molar-refractivity contribution in [2.75, 3.05) is 10.6 Å². The Hall–Kier alpha value is -2.87. The number of carbonyl (C=O) groups excluding carboxylic acids is 1. The van der Waals surface area contributed by atoms with E-state index in [2.05, 4.69) is 25.6 Å². The Morgan fingerprint density at radius 3 is 2.75 bits per heavy atom. The van der Waals surface area contributed by atoms with Gasteiger partial charge in [-0.2, -0.15) is 0 Å². The van der Waals surface area contributed by atoms with E-state index in [1.807, 2.05) is 19.9 Å². The molecule has 3 aromatic rings. The highest BCUT2D eigenvalue weighted by atomic mass is 32.1. The Bertz CT molecular complexity index is 878. The lowest BCUT2D eigenvalue weighted by Gasteiger charge is -2.07. The summed E-state index contributed by atoms with van der Waals surface area (Å²) in [5, 5.41) is 7.13. The van der Waals surface area contributed by atoms with Gasteiger partial charge in [0.2, 0.25) is 0 Å². The van der Waals surface area contributed by atoms with Crippen molar-refractivity contribution < 1.29 is 9.18 Å². The summed E-state index contributed by atoms with van der Waals surface area (Å²) in [6, 6.07) is 4.54. The minimum absolute atomic E-state index is 0.255. The highest BCUT2D eigenvalue weighted by molar-refractivity contribution is 7.16. The second kappa shape index (κ2) is 6.71. The maximum Gasteiger partial charge on any atom is 0.278 e. The Balaban J connectivity index is 1.82. The zero-order valence-corrected chi connectivity index (χ0v) is 13.8. The molecule has 3 rings (SSSR count). The van der Waals surface area contributed by atoms with Crippen LogP contribution in [0.1, 0.15) is 21.1 Å². The summed E-state index contributed by atoms with van der Waals surface area (Å²) < 4.78 is 12.9. The molecule has 0 spiro atoms. The fraction of sp³-hybridized carbons (Fsp3) is 0.125. The maximum atomic E-state index is 12.9. The fourth-order valence-electron chi connectivity index (χ4n) is 2.05. The van der Waals surface area contributed by atoms with Gasteiger partial charge in [-0.15, -0.1) is 11.3 Å². The third-order valence-corrected chi connectivity index (χ3v) is 3.94. The summed E-state index contributed by atoms with van der Waals surface area (Å²) in [5.74, 6) is -0.622. The highest BCUT2D eigenvalue weighted by Crippen LogP contribution is 2.28. The zero-order valence-electron chi connectivity index (χ0n) is 13.0. The molecule has 8 heteroatoms. The van der Waals surface area contributed by atoms with Crippen LogP contribution in [-0.4, -0.2) is 20.9 Å². The molecule has 0 aliphatic heterocycles. The molecule has 0 radical (unpaired) electrons. The number of nitrogens with one attached hydrogen (secondary N) is 2. The van der Waals surface area contributed by atoms with Crippen LogP contribution in [0.4, 0.5) is 20.9 Å². The quantitative estimate of drug-likeness (QED) is 0.755. The van der Waals surface area contributed by atoms with E-state index >= 15 is 0 Å². The molecule has 0 fully saturated rings. The van der Waals surface area contributed by atoms with E-state index in [0.717, 1.165) is 22.5 Å². The number of rotatable bonds is 4. The highest BCUT2D eigenvalue weighted by Gasteiger charge is 2.18. The van der Waals surface area contributed by atoms with Crippen molar-refractivity contribution in [3.63, 3.8) is 0 Å². The largest absolute Gasteiger partial charge is 0.344 e. The molecule has 0 saturated heterocycles. The van der Waals surface area contributed by atoms with E-state index in [1.54, 1.807) is 12.4 Å². The van der Waals surface area contributed by atoms with E-state index in [1.165, 1.54) is 23.5 Å². The summed E-state index contributed by atoms with van der Waals surface area (Å²) in [6.45, 7) is 3.75. The van der Waals surface area contributed by atoms with E-state index in [-0.39, 0.29) is 11.5 Å². The lowest BCUT2D eigenvalue weighted by Crippen LogP contribution is -2.15. The summed E-state index contributed by atoms with van der Waals surface area (Å²) in [5.41, 5.74) is 2.03. The Morgan fingerprint density at radius 2 is 2.04 bits per heavy atom. The van der Waals surface area contributed by atoms with Crippen molar-refractivity contribution in [2.24, 2.45) is 0 Å². The molecule has 0 aliphatic rings. The Morgan fingerprint density at radius 1 is 1.21 bits per heavy atom. The predicted octanol–water partition coefficient (Wildman–Crippen LogP) is 3.68. The molecule has 6 nitrogen and oxygen atoms in total. The number of halogens is 1. The normalized spacial score (nSPS) is 10.5. The van der Waals surface area contributed by atoms with Gasteiger partial charge in [0, 0.05) is 6.20 Å². The molecule has 1 amide bonds. The number of aryl methyl sites for hydroxylation is 2. The summed E-state index contributed by atoms with van der Waals surface area (Å²) in [6.07, 6.45) is 4.46. The molecule has 122 valence electrons. The lowest BCUT2D eigenvalue weighted by molar-refractivity contribution is 0.102. The molecule has 3 aromatic heterocycles. The molecule has 0 bridgehead atoms. The Labute approximate surface area is 141 Å². The smallest absolute Gasteiger partial charge is 0.278 e. The summed E-state index contributed by atoms with van der Waals surface area (Å²) >= 11 is 1.37. The van der Waals surface area contributed by atoms with Gasteiger partial charge < -0.3 is 10.6 Å². The van der Waals surface area contributed by atoms with Gasteiger partial charge in [-0.1, -0.05) is 0 Å². The molecule has 3 heterocycles. The second-order valence-electron chi connectivity index (χ2n) is 5.10. The van der Waals surface area contributed by atoms with Crippen molar-refractivity contribution in [3.05, 3.63) is 58.9 Å². The minimum atomic E-state index is -0.466. The summed E-state index contributed by atoms with van der Waals surface area (Å²) in [4.78, 5) is 24.6. The Kier molecular flexibility index (Phi) is 4.48. The van der Waals surface area contributed by atoms with Crippen LogP contribution in [0.2, 0.25) is 0 Å². The lowest BCUT2D eigenvalue weighted by atomic mass is 10.3. The van der Waals surface area contributed by atoms with Crippen LogP contribution in [0.3, 0.4) is 0 Å². The van der Waals surface area contributed by atoms with Crippen LogP contribution < -0.4 is 10.6 Å². The van der Waals surface area contributed by atoms with Gasteiger partial charge in [-0.05, 0) is 37.6 Å². The first-order valence-electron chi connectivity index (χ1n) is 7.10. The molecule has 24 heavy (non-hydrogen) atoms. The molecule has 0 saturated carbocycles. The first kappa shape index (κ1) is 16.0. The van der Waals surface area contributed by atoms with E-state index in [0.29, 0.717) is 5.00 Å². The SMILES string of the molecule is Cc1cncc(Nc2sc(C)nc2C(=O)Nc2ccc(F)cn2)c1. The van der Waals surface area contributed by atoms with Crippen LogP contribution >= 0.6 is 11.3 Å². The van der Waals surface area contributed by atoms with Gasteiger partial charge in [0.05, 0.1) is 23.1 Å². The number of hydrogen-bond acceptors (Lipinski definition) is 6. The molecular formula is C16H14FN5OS. The van der Waals surface area contributed by atoms with E-state index in [9.17, 15) is 9.18 Å². The number of amides is 1. The van der Waals surface area contributed by atoms with Crippen molar-refractivity contribution >= 4 is 33.8 Å². The number of anilines is 3. The fourth-order valence-corrected chi connectivity index (χ4v) is 2.88. The predicted molar refractivity (Wildman–Crippen MR) is 91.3 cm³/mol. The number of pyridine rings is 2. The maximum absolute atomic E-state index is 12.9. The number of aromatic nitrogens is 3. The van der Waals surface area contributed by atoms with Crippen LogP contribution in [0, 0.1) is 19.7 Å². The number of hydrogen-bond donors (Lipinski definition) is 2. The van der Waals surface area contributed by atoms with Crippen molar-refractivity contribution in [3.8, 4) is 0 Å². The van der Waals surface area contributed by atoms with E-state index in [4.69, 9.17) is 0 Å². The van der Waals surface area contributed by atoms with Crippen LogP contribution in [0.5, 0.6) is 0 Å². The number of nitrogens with zero attached hydrogens (tertiary/aromatic N) is 3. The second-order valence-corrected chi connectivity index (χ2v) is 6.31. The van der Waals surface area contributed by atoms with Gasteiger partial charge in [0.1, 0.15) is 16.6 Å². The minimum Gasteiger partial charge on any atom is -0.344 e. The monoisotopic (exact) mass is 343 g/mol. The molecule has 0 atom stereocenters. The first-order chi connectivity index (χ1) is 11.5. The zero-order chi connectivity index (χ0) is 17.1. The molecule has 2 N–H and O–H groups in total. The van der Waals surface area contributed by atoms with Gasteiger partial charge in [0.15, 0.2) is 5.69 Å². The van der Waals surface area contributed by atoms with Crippen LogP contribution in [-0.2, 0) is 0 Å². The molecule has 0 aromatic carbocycles. The van der Waals surface area contributed by atoms with Gasteiger partial charge in [-0.25, -0.2) is 14.4 Å². The molecule has 0 unspecified atom stereocenters. The van der Waals surface area contributed by atoms with Crippen molar-refractivity contribution in [1.82, 2.24) is 15.0 Å². The van der Waals surface area contributed by atoms with Gasteiger partial charge in [-0.3, -0.25) is 9.78 Å². The van der Waals surface area contributed by atoms with Crippen molar-refractivity contribution in [2.45, 2.75) is 13.8 Å². The van der Waals surface area contributed by atoms with Crippen LogP contribution in [0.15, 0.2) is 36.8 Å². The number of carbonyl (C=O) groups is 1. The van der Waals surface area contributed by atoms with Gasteiger partial charge >= 0.3 is 0 Å².